The van der Waals surface area contributed by atoms with E-state index >= 15 is 0 Å². The fourth-order valence-electron chi connectivity index (χ4n) is 2.87. The van der Waals surface area contributed by atoms with Crippen LogP contribution in [0.3, 0.4) is 0 Å². The van der Waals surface area contributed by atoms with Crippen molar-refractivity contribution >= 4 is 0 Å². The lowest BCUT2D eigenvalue weighted by Gasteiger charge is -2.17. The SMILES string of the molecule is CC1CCCC1CNCc1ccccc1C(F)(F)F. The first kappa shape index (κ1) is 14.4. The molecule has 1 aliphatic carbocycles. The number of halogens is 3. The van der Waals surface area contributed by atoms with Gasteiger partial charge in [-0.2, -0.15) is 13.2 Å². The van der Waals surface area contributed by atoms with Gasteiger partial charge in [-0.3, -0.25) is 0 Å². The molecule has 1 aliphatic rings. The van der Waals surface area contributed by atoms with Crippen molar-refractivity contribution in [3.63, 3.8) is 0 Å². The third-order valence-corrected chi connectivity index (χ3v) is 4.08. The fraction of sp³-hybridized carbons (Fsp3) is 0.600. The quantitative estimate of drug-likeness (QED) is 0.864. The van der Waals surface area contributed by atoms with Gasteiger partial charge < -0.3 is 5.32 Å². The molecule has 0 aliphatic heterocycles. The molecule has 4 heteroatoms. The van der Waals surface area contributed by atoms with E-state index in [9.17, 15) is 13.2 Å². The maximum atomic E-state index is 12.8. The number of hydrogen-bond acceptors (Lipinski definition) is 1. The Morgan fingerprint density at radius 2 is 1.95 bits per heavy atom. The fourth-order valence-corrected chi connectivity index (χ4v) is 2.87. The highest BCUT2D eigenvalue weighted by Crippen LogP contribution is 2.32. The van der Waals surface area contributed by atoms with Crippen molar-refractivity contribution in [2.75, 3.05) is 6.54 Å². The molecular weight excluding hydrogens is 251 g/mol. The summed E-state index contributed by atoms with van der Waals surface area (Å²) >= 11 is 0. The molecule has 0 aromatic heterocycles. The molecule has 1 saturated carbocycles. The van der Waals surface area contributed by atoms with Crippen LogP contribution in [0.25, 0.3) is 0 Å². The van der Waals surface area contributed by atoms with Crippen molar-refractivity contribution < 1.29 is 13.2 Å². The van der Waals surface area contributed by atoms with Crippen molar-refractivity contribution in [1.82, 2.24) is 5.32 Å². The summed E-state index contributed by atoms with van der Waals surface area (Å²) in [5.74, 6) is 1.29. The molecule has 1 fully saturated rings. The minimum absolute atomic E-state index is 0.291. The molecule has 19 heavy (non-hydrogen) atoms. The van der Waals surface area contributed by atoms with Crippen LogP contribution in [-0.2, 0) is 12.7 Å². The highest BCUT2D eigenvalue weighted by Gasteiger charge is 2.32. The molecule has 2 rings (SSSR count). The van der Waals surface area contributed by atoms with Crippen LogP contribution in [0.2, 0.25) is 0 Å². The third-order valence-electron chi connectivity index (χ3n) is 4.08. The molecule has 0 bridgehead atoms. The molecule has 0 radical (unpaired) electrons. The summed E-state index contributed by atoms with van der Waals surface area (Å²) in [7, 11) is 0. The van der Waals surface area contributed by atoms with Gasteiger partial charge in [-0.15, -0.1) is 0 Å². The van der Waals surface area contributed by atoms with Gasteiger partial charge in [-0.25, -0.2) is 0 Å². The van der Waals surface area contributed by atoms with Gasteiger partial charge in [0, 0.05) is 6.54 Å². The molecule has 1 aromatic rings. The molecular formula is C15H20F3N. The summed E-state index contributed by atoms with van der Waals surface area (Å²) in [4.78, 5) is 0. The second-order valence-electron chi connectivity index (χ2n) is 5.45. The van der Waals surface area contributed by atoms with Crippen LogP contribution in [0.15, 0.2) is 24.3 Å². The van der Waals surface area contributed by atoms with Crippen LogP contribution in [0.1, 0.15) is 37.3 Å². The van der Waals surface area contributed by atoms with Crippen molar-refractivity contribution in [3.8, 4) is 0 Å². The maximum absolute atomic E-state index is 12.8. The minimum atomic E-state index is -4.26. The zero-order chi connectivity index (χ0) is 13.9. The van der Waals surface area contributed by atoms with Crippen LogP contribution in [0.5, 0.6) is 0 Å². The molecule has 1 nitrogen and oxygen atoms in total. The van der Waals surface area contributed by atoms with Crippen molar-refractivity contribution in [2.45, 2.75) is 38.9 Å². The molecule has 0 heterocycles. The Labute approximate surface area is 112 Å². The number of nitrogens with one attached hydrogen (secondary N) is 1. The highest BCUT2D eigenvalue weighted by atomic mass is 19.4. The summed E-state index contributed by atoms with van der Waals surface area (Å²) < 4.78 is 38.4. The lowest BCUT2D eigenvalue weighted by Crippen LogP contribution is -2.25. The van der Waals surface area contributed by atoms with Crippen LogP contribution in [0, 0.1) is 11.8 Å². The lowest BCUT2D eigenvalue weighted by molar-refractivity contribution is -0.138. The molecule has 0 amide bonds. The van der Waals surface area contributed by atoms with E-state index in [1.807, 2.05) is 0 Å². The van der Waals surface area contributed by atoms with E-state index in [1.54, 1.807) is 12.1 Å². The van der Waals surface area contributed by atoms with Crippen molar-refractivity contribution in [2.24, 2.45) is 11.8 Å². The van der Waals surface area contributed by atoms with E-state index in [-0.39, 0.29) is 0 Å². The van der Waals surface area contributed by atoms with Gasteiger partial charge in [0.05, 0.1) is 5.56 Å². The van der Waals surface area contributed by atoms with E-state index in [4.69, 9.17) is 0 Å². The standard InChI is InChI=1S/C15H20F3N/c1-11-5-4-7-12(11)9-19-10-13-6-2-3-8-14(13)15(16,17)18/h2-3,6,8,11-12,19H,4-5,7,9-10H2,1H3. The number of hydrogen-bond donors (Lipinski definition) is 1. The van der Waals surface area contributed by atoms with Gasteiger partial charge in [0.2, 0.25) is 0 Å². The Morgan fingerprint density at radius 3 is 2.58 bits per heavy atom. The van der Waals surface area contributed by atoms with Gasteiger partial charge >= 0.3 is 6.18 Å². The Kier molecular flexibility index (Phi) is 4.50. The maximum Gasteiger partial charge on any atom is 0.416 e. The Bertz CT molecular complexity index is 414. The number of alkyl halides is 3. The second kappa shape index (κ2) is 5.95. The lowest BCUT2D eigenvalue weighted by atomic mass is 9.98. The molecule has 2 atom stereocenters. The topological polar surface area (TPSA) is 12.0 Å². The Balaban J connectivity index is 1.92. The minimum Gasteiger partial charge on any atom is -0.312 e. The van der Waals surface area contributed by atoms with Crippen LogP contribution < -0.4 is 5.32 Å². The average molecular weight is 271 g/mol. The predicted molar refractivity (Wildman–Crippen MR) is 69.7 cm³/mol. The van der Waals surface area contributed by atoms with E-state index < -0.39 is 11.7 Å². The Hall–Kier alpha value is -1.03. The first-order valence-corrected chi connectivity index (χ1v) is 6.84. The second-order valence-corrected chi connectivity index (χ2v) is 5.45. The van der Waals surface area contributed by atoms with Gasteiger partial charge in [-0.05, 0) is 36.4 Å². The first-order valence-electron chi connectivity index (χ1n) is 6.84. The van der Waals surface area contributed by atoms with E-state index in [0.717, 1.165) is 12.6 Å². The van der Waals surface area contributed by atoms with Crippen LogP contribution >= 0.6 is 0 Å². The van der Waals surface area contributed by atoms with Crippen molar-refractivity contribution in [3.05, 3.63) is 35.4 Å². The summed E-state index contributed by atoms with van der Waals surface area (Å²) in [5.41, 5.74) is -0.192. The first-order chi connectivity index (χ1) is 8.98. The van der Waals surface area contributed by atoms with Crippen LogP contribution in [-0.4, -0.2) is 6.54 Å². The summed E-state index contributed by atoms with van der Waals surface area (Å²) in [6, 6.07) is 5.79. The molecule has 2 unspecified atom stereocenters. The van der Waals surface area contributed by atoms with E-state index in [1.165, 1.54) is 25.3 Å². The summed E-state index contributed by atoms with van der Waals surface area (Å²) in [5, 5.41) is 3.19. The largest absolute Gasteiger partial charge is 0.416 e. The zero-order valence-electron chi connectivity index (χ0n) is 11.1. The zero-order valence-corrected chi connectivity index (χ0v) is 11.1. The monoisotopic (exact) mass is 271 g/mol. The van der Waals surface area contributed by atoms with Crippen molar-refractivity contribution in [1.29, 1.82) is 0 Å². The Morgan fingerprint density at radius 1 is 1.21 bits per heavy atom. The molecule has 0 saturated heterocycles. The number of rotatable bonds is 4. The van der Waals surface area contributed by atoms with Crippen LogP contribution in [0.4, 0.5) is 13.2 Å². The van der Waals surface area contributed by atoms with Gasteiger partial charge in [0.15, 0.2) is 0 Å². The number of benzene rings is 1. The predicted octanol–water partition coefficient (Wildman–Crippen LogP) is 4.23. The molecule has 1 N–H and O–H groups in total. The van der Waals surface area contributed by atoms with Gasteiger partial charge in [0.1, 0.15) is 0 Å². The van der Waals surface area contributed by atoms with Gasteiger partial charge in [-0.1, -0.05) is 38.0 Å². The molecule has 0 spiro atoms. The normalized spacial score (nSPS) is 23.8. The van der Waals surface area contributed by atoms with Gasteiger partial charge in [0.25, 0.3) is 0 Å². The highest BCUT2D eigenvalue weighted by molar-refractivity contribution is 5.29. The summed E-state index contributed by atoms with van der Waals surface area (Å²) in [6.45, 7) is 3.33. The third kappa shape index (κ3) is 3.72. The van der Waals surface area contributed by atoms with E-state index in [0.29, 0.717) is 23.9 Å². The average Bonchev–Trinajstić information content (AvgIpc) is 2.75. The summed E-state index contributed by atoms with van der Waals surface area (Å²) in [6.07, 6.45) is -0.591. The molecule has 106 valence electrons. The smallest absolute Gasteiger partial charge is 0.312 e. The molecule has 1 aromatic carbocycles. The van der Waals surface area contributed by atoms with E-state index in [2.05, 4.69) is 12.2 Å².